The summed E-state index contributed by atoms with van der Waals surface area (Å²) < 4.78 is 21.4. The number of aliphatic hydroxyl groups excluding tert-OH is 1. The third kappa shape index (κ3) is 5.10. The van der Waals surface area contributed by atoms with Crippen molar-refractivity contribution in [1.82, 2.24) is 9.55 Å². The van der Waals surface area contributed by atoms with E-state index in [9.17, 15) is 19.3 Å². The van der Waals surface area contributed by atoms with Gasteiger partial charge in [-0.1, -0.05) is 0 Å². The minimum atomic E-state index is -4.67. The van der Waals surface area contributed by atoms with Crippen LogP contribution in [0.2, 0.25) is 0 Å². The Kier molecular flexibility index (Phi) is 7.21. The molecule has 2 heterocycles. The maximum absolute atomic E-state index is 11.7. The van der Waals surface area contributed by atoms with Gasteiger partial charge in [0.1, 0.15) is 12.3 Å². The predicted octanol–water partition coefficient (Wildman–Crippen LogP) is -1.32. The first-order valence-electron chi connectivity index (χ1n) is 5.72. The van der Waals surface area contributed by atoms with Crippen molar-refractivity contribution in [2.75, 3.05) is 6.61 Å². The first-order chi connectivity index (χ1) is 9.67. The van der Waals surface area contributed by atoms with E-state index in [1.54, 1.807) is 0 Å². The number of nitrogens with zero attached hydrogens (tertiary/aromatic N) is 1. The molecular weight excluding hydrogens is 398 g/mol. The molecule has 1 aromatic heterocycles. The largest absolute Gasteiger partial charge is 0.469 e. The fourth-order valence-electron chi connectivity index (χ4n) is 1.88. The second-order valence-electron chi connectivity index (χ2n) is 4.36. The molecule has 119 valence electrons. The summed E-state index contributed by atoms with van der Waals surface area (Å²) >= 11 is 2.97. The average Bonchev–Trinajstić information content (AvgIpc) is 2.72. The van der Waals surface area contributed by atoms with Gasteiger partial charge in [0.05, 0.1) is 17.2 Å². The molecule has 1 aromatic rings. The molecule has 13 heteroatoms. The van der Waals surface area contributed by atoms with Crippen molar-refractivity contribution in [1.29, 1.82) is 0 Å². The smallest absolute Gasteiger partial charge is 0.390 e. The van der Waals surface area contributed by atoms with Gasteiger partial charge in [0.25, 0.3) is 5.56 Å². The van der Waals surface area contributed by atoms with E-state index in [1.807, 2.05) is 0 Å². The van der Waals surface area contributed by atoms with Crippen LogP contribution in [0.25, 0.3) is 0 Å². The van der Waals surface area contributed by atoms with Crippen LogP contribution >= 0.6 is 23.8 Å². The van der Waals surface area contributed by atoms with Crippen molar-refractivity contribution >= 4 is 53.3 Å². The molecule has 2 rings (SSSR count). The number of hydrogen-bond donors (Lipinski definition) is 4. The maximum Gasteiger partial charge on any atom is 0.469 e. The van der Waals surface area contributed by atoms with Gasteiger partial charge in [-0.15, -0.1) is 0 Å². The van der Waals surface area contributed by atoms with Crippen LogP contribution in [0.1, 0.15) is 12.6 Å². The minimum Gasteiger partial charge on any atom is -0.390 e. The Morgan fingerprint density at radius 1 is 1.50 bits per heavy atom. The molecule has 22 heavy (non-hydrogen) atoms. The van der Waals surface area contributed by atoms with Gasteiger partial charge in [0, 0.05) is 42.2 Å². The normalized spacial score (nSPS) is 25.0. The van der Waals surface area contributed by atoms with E-state index in [-0.39, 0.29) is 40.5 Å². The number of halogens is 1. The Labute approximate surface area is 154 Å². The van der Waals surface area contributed by atoms with Gasteiger partial charge < -0.3 is 19.6 Å². The fraction of sp³-hybridized carbons (Fsp3) is 0.556. The van der Waals surface area contributed by atoms with Crippen LogP contribution in [0.3, 0.4) is 0 Å². The summed E-state index contributed by atoms with van der Waals surface area (Å²) in [5.74, 6) is 0. The molecule has 10 nitrogen and oxygen atoms in total. The Hall–Kier alpha value is 0.190. The van der Waals surface area contributed by atoms with Crippen molar-refractivity contribution in [2.24, 2.45) is 0 Å². The van der Waals surface area contributed by atoms with Gasteiger partial charge >= 0.3 is 13.5 Å². The number of phosphoric acid groups is 1. The van der Waals surface area contributed by atoms with Crippen molar-refractivity contribution in [3.05, 3.63) is 31.5 Å². The second-order valence-corrected chi connectivity index (χ2v) is 6.46. The topological polar surface area (TPSA) is 151 Å². The zero-order valence-corrected chi connectivity index (χ0v) is 15.9. The molecule has 0 saturated carbocycles. The van der Waals surface area contributed by atoms with Crippen LogP contribution in [0.5, 0.6) is 0 Å². The first kappa shape index (κ1) is 20.2. The fourth-order valence-corrected chi connectivity index (χ4v) is 2.54. The van der Waals surface area contributed by atoms with Gasteiger partial charge in [0.15, 0.2) is 0 Å². The SMILES string of the molecule is O=c1[nH]c(=O)n(C2CC(O)C(COP(=O)(O)O)O2)cc1Br.[Na]. The van der Waals surface area contributed by atoms with Crippen LogP contribution in [-0.4, -0.2) is 72.8 Å². The van der Waals surface area contributed by atoms with Crippen molar-refractivity contribution in [2.45, 2.75) is 24.9 Å². The number of aromatic nitrogens is 2. The van der Waals surface area contributed by atoms with E-state index in [1.165, 1.54) is 6.20 Å². The quantitative estimate of drug-likeness (QED) is 0.353. The molecule has 3 atom stereocenters. The number of phosphoric ester groups is 1. The van der Waals surface area contributed by atoms with Gasteiger partial charge in [-0.2, -0.15) is 0 Å². The molecule has 1 radical (unpaired) electrons. The molecule has 1 fully saturated rings. The Morgan fingerprint density at radius 3 is 2.73 bits per heavy atom. The van der Waals surface area contributed by atoms with Crippen LogP contribution in [0.15, 0.2) is 20.3 Å². The van der Waals surface area contributed by atoms with Crippen molar-refractivity contribution in [3.63, 3.8) is 0 Å². The number of rotatable bonds is 4. The average molecular weight is 410 g/mol. The molecule has 0 aromatic carbocycles. The van der Waals surface area contributed by atoms with E-state index in [0.717, 1.165) is 4.57 Å². The molecule has 0 amide bonds. The third-order valence-electron chi connectivity index (χ3n) is 2.85. The monoisotopic (exact) mass is 409 g/mol. The molecule has 0 aliphatic carbocycles. The van der Waals surface area contributed by atoms with E-state index in [4.69, 9.17) is 14.5 Å². The van der Waals surface area contributed by atoms with Gasteiger partial charge in [0.2, 0.25) is 0 Å². The molecule has 0 bridgehead atoms. The third-order valence-corrected chi connectivity index (χ3v) is 3.90. The Bertz CT molecular complexity index is 687. The molecule has 1 saturated heterocycles. The molecule has 1 aliphatic heterocycles. The van der Waals surface area contributed by atoms with Gasteiger partial charge in [-0.05, 0) is 15.9 Å². The second kappa shape index (κ2) is 7.84. The Morgan fingerprint density at radius 2 is 2.14 bits per heavy atom. The number of hydrogen-bond acceptors (Lipinski definition) is 6. The number of aromatic amines is 1. The summed E-state index contributed by atoms with van der Waals surface area (Å²) in [5.41, 5.74) is -1.33. The van der Waals surface area contributed by atoms with Gasteiger partial charge in [-0.3, -0.25) is 18.9 Å². The standard InChI is InChI=1S/C9H12BrN2O8P.Na/c10-4-2-12(9(15)11-8(4)14)7-1-5(13)6(20-7)3-19-21(16,17)18;/h2,5-7,13H,1,3H2,(H,11,14,15)(H2,16,17,18);. The zero-order valence-electron chi connectivity index (χ0n) is 11.4. The molecule has 1 aliphatic rings. The summed E-state index contributed by atoms with van der Waals surface area (Å²) in [6, 6.07) is 0. The summed E-state index contributed by atoms with van der Waals surface area (Å²) in [6.45, 7) is -0.527. The molecular formula is C9H12BrN2NaO8P. The number of nitrogens with one attached hydrogen (secondary N) is 1. The number of ether oxygens (including phenoxy) is 1. The summed E-state index contributed by atoms with van der Waals surface area (Å²) in [5, 5.41) is 9.78. The van der Waals surface area contributed by atoms with Crippen molar-refractivity contribution < 1.29 is 28.7 Å². The number of aliphatic hydroxyl groups is 1. The molecule has 4 N–H and O–H groups in total. The zero-order chi connectivity index (χ0) is 15.8. The van der Waals surface area contributed by atoms with Crippen LogP contribution < -0.4 is 11.2 Å². The van der Waals surface area contributed by atoms with E-state index in [2.05, 4.69) is 25.4 Å². The first-order valence-corrected chi connectivity index (χ1v) is 8.04. The summed E-state index contributed by atoms with van der Waals surface area (Å²) in [7, 11) is -4.67. The number of H-pyrrole nitrogens is 1. The van der Waals surface area contributed by atoms with Crippen LogP contribution in [0.4, 0.5) is 0 Å². The van der Waals surface area contributed by atoms with E-state index < -0.39 is 44.1 Å². The maximum atomic E-state index is 11.7. The van der Waals surface area contributed by atoms with E-state index in [0.29, 0.717) is 0 Å². The molecule has 0 spiro atoms. The summed E-state index contributed by atoms with van der Waals surface area (Å²) in [4.78, 5) is 42.2. The van der Waals surface area contributed by atoms with Crippen LogP contribution in [0, 0.1) is 0 Å². The summed E-state index contributed by atoms with van der Waals surface area (Å²) in [6.07, 6.45) is -1.73. The van der Waals surface area contributed by atoms with Crippen molar-refractivity contribution in [3.8, 4) is 0 Å². The molecule has 3 unspecified atom stereocenters. The Balaban J connectivity index is 0.00000242. The minimum absolute atomic E-state index is 0. The van der Waals surface area contributed by atoms with E-state index >= 15 is 0 Å². The van der Waals surface area contributed by atoms with Gasteiger partial charge in [-0.25, -0.2) is 9.36 Å². The van der Waals surface area contributed by atoms with Crippen LogP contribution in [-0.2, 0) is 13.8 Å². The predicted molar refractivity (Wildman–Crippen MR) is 77.3 cm³/mol.